The molecule has 0 saturated heterocycles. The number of sulfonamides is 1. The van der Waals surface area contributed by atoms with Gasteiger partial charge in [0.25, 0.3) is 11.8 Å². The molecule has 3 aromatic carbocycles. The molecule has 8 nitrogen and oxygen atoms in total. The number of nitrogens with zero attached hydrogens (tertiary/aromatic N) is 1. The Morgan fingerprint density at radius 2 is 1.66 bits per heavy atom. The number of amides is 2. The lowest BCUT2D eigenvalue weighted by atomic mass is 9.91. The summed E-state index contributed by atoms with van der Waals surface area (Å²) in [5.74, 6) is -0.962. The number of hydrogen-bond acceptors (Lipinski definition) is 6. The molecule has 2 amide bonds. The predicted octanol–water partition coefficient (Wildman–Crippen LogP) is 2.95. The molecule has 0 atom stereocenters. The monoisotopic (exact) mass is 484 g/mol. The zero-order valence-corrected chi connectivity index (χ0v) is 19.2. The van der Waals surface area contributed by atoms with Crippen LogP contribution in [0, 0.1) is 0 Å². The van der Waals surface area contributed by atoms with Gasteiger partial charge < -0.3 is 5.32 Å². The first-order valence-electron chi connectivity index (χ1n) is 10.7. The minimum Gasteiger partial charge on any atom is -0.386 e. The second-order valence-electron chi connectivity index (χ2n) is 8.05. The van der Waals surface area contributed by atoms with Crippen LogP contribution in [0.3, 0.4) is 0 Å². The Balaban J connectivity index is 1.48. The van der Waals surface area contributed by atoms with E-state index in [1.54, 1.807) is 30.6 Å². The molecule has 0 unspecified atom stereocenters. The number of primary sulfonamides is 1. The average molecular weight is 485 g/mol. The number of nitrogens with two attached hydrogens (primary N) is 1. The maximum atomic E-state index is 12.7. The van der Waals surface area contributed by atoms with E-state index in [-0.39, 0.29) is 4.90 Å². The van der Waals surface area contributed by atoms with Gasteiger partial charge in [-0.3, -0.25) is 19.9 Å². The number of pyridine rings is 1. The topological polar surface area (TPSA) is 131 Å². The molecule has 174 valence electrons. The number of benzene rings is 3. The first kappa shape index (κ1) is 22.5. The molecular weight excluding hydrogens is 464 g/mol. The van der Waals surface area contributed by atoms with Crippen LogP contribution in [0.2, 0.25) is 0 Å². The van der Waals surface area contributed by atoms with E-state index in [1.807, 2.05) is 42.5 Å². The standard InChI is InChI=1S/C26H20N4O4S/c27-35(33,34)19-9-6-16(7-10-19)14-28-15-23-22-13-18(8-11-21(22)25(31)30-26(23)32)20-5-1-3-17-4-2-12-29-24(17)20/h1-13,15,28H,14H2,(H2,27,33,34)(H,30,31,32). The third kappa shape index (κ3) is 4.42. The van der Waals surface area contributed by atoms with Gasteiger partial charge >= 0.3 is 0 Å². The van der Waals surface area contributed by atoms with Crippen molar-refractivity contribution in [3.63, 3.8) is 0 Å². The van der Waals surface area contributed by atoms with Crippen LogP contribution in [0.4, 0.5) is 0 Å². The normalized spacial score (nSPS) is 14.6. The van der Waals surface area contributed by atoms with Gasteiger partial charge in [-0.25, -0.2) is 13.6 Å². The molecule has 2 heterocycles. The van der Waals surface area contributed by atoms with Crippen LogP contribution < -0.4 is 15.8 Å². The summed E-state index contributed by atoms with van der Waals surface area (Å²) < 4.78 is 22.8. The molecule has 4 N–H and O–H groups in total. The van der Waals surface area contributed by atoms with Crippen LogP contribution in [-0.2, 0) is 21.4 Å². The van der Waals surface area contributed by atoms with Crippen LogP contribution >= 0.6 is 0 Å². The second-order valence-corrected chi connectivity index (χ2v) is 9.61. The number of aromatic nitrogens is 1. The molecule has 9 heteroatoms. The lowest BCUT2D eigenvalue weighted by Gasteiger charge is -2.20. The fourth-order valence-electron chi connectivity index (χ4n) is 4.04. The maximum Gasteiger partial charge on any atom is 0.260 e. The second kappa shape index (κ2) is 8.79. The van der Waals surface area contributed by atoms with Crippen molar-refractivity contribution in [3.05, 3.63) is 102 Å². The first-order valence-corrected chi connectivity index (χ1v) is 12.3. The molecule has 0 spiro atoms. The van der Waals surface area contributed by atoms with Crippen LogP contribution in [0.15, 0.2) is 90.1 Å². The Morgan fingerprint density at radius 3 is 2.43 bits per heavy atom. The van der Waals surface area contributed by atoms with Crippen molar-refractivity contribution in [2.24, 2.45) is 5.14 Å². The Labute approximate surface area is 201 Å². The highest BCUT2D eigenvalue weighted by molar-refractivity contribution is 7.89. The van der Waals surface area contributed by atoms with E-state index < -0.39 is 21.8 Å². The third-order valence-corrected chi connectivity index (χ3v) is 6.70. The number of hydrogen-bond donors (Lipinski definition) is 3. The SMILES string of the molecule is NS(=O)(=O)c1ccc(CNC=C2C(=O)NC(=O)c3ccc(-c4cccc5cccnc45)cc32)cc1. The average Bonchev–Trinajstić information content (AvgIpc) is 2.85. The number of imide groups is 1. The van der Waals surface area contributed by atoms with Crippen molar-refractivity contribution >= 4 is 38.3 Å². The van der Waals surface area contributed by atoms with Crippen molar-refractivity contribution in [1.29, 1.82) is 0 Å². The van der Waals surface area contributed by atoms with E-state index in [0.717, 1.165) is 27.6 Å². The zero-order chi connectivity index (χ0) is 24.6. The molecule has 35 heavy (non-hydrogen) atoms. The number of fused-ring (bicyclic) bond motifs is 2. The molecule has 1 aromatic heterocycles. The summed E-state index contributed by atoms with van der Waals surface area (Å²) in [6.07, 6.45) is 3.28. The number of carbonyl (C=O) groups excluding carboxylic acids is 2. The van der Waals surface area contributed by atoms with Gasteiger partial charge in [0.05, 0.1) is 16.0 Å². The van der Waals surface area contributed by atoms with E-state index in [9.17, 15) is 18.0 Å². The summed E-state index contributed by atoms with van der Waals surface area (Å²) in [6.45, 7) is 0.331. The molecule has 1 aliphatic rings. The molecule has 0 radical (unpaired) electrons. The van der Waals surface area contributed by atoms with E-state index in [2.05, 4.69) is 15.6 Å². The molecule has 4 aromatic rings. The quantitative estimate of drug-likeness (QED) is 0.295. The lowest BCUT2D eigenvalue weighted by molar-refractivity contribution is -0.114. The van der Waals surface area contributed by atoms with E-state index in [1.165, 1.54) is 12.1 Å². The highest BCUT2D eigenvalue weighted by Gasteiger charge is 2.27. The highest BCUT2D eigenvalue weighted by Crippen LogP contribution is 2.32. The summed E-state index contributed by atoms with van der Waals surface area (Å²) in [6, 6.07) is 21.2. The first-order chi connectivity index (χ1) is 16.8. The van der Waals surface area contributed by atoms with Gasteiger partial charge in [-0.15, -0.1) is 0 Å². The predicted molar refractivity (Wildman–Crippen MR) is 132 cm³/mol. The van der Waals surface area contributed by atoms with E-state index in [0.29, 0.717) is 23.2 Å². The summed E-state index contributed by atoms with van der Waals surface area (Å²) in [4.78, 5) is 29.7. The minimum atomic E-state index is -3.77. The Morgan fingerprint density at radius 1 is 0.886 bits per heavy atom. The van der Waals surface area contributed by atoms with Crippen LogP contribution in [0.5, 0.6) is 0 Å². The lowest BCUT2D eigenvalue weighted by Crippen LogP contribution is -2.37. The van der Waals surface area contributed by atoms with Crippen molar-refractivity contribution < 1.29 is 18.0 Å². The molecular formula is C26H20N4O4S. The number of para-hydroxylation sites is 1. The van der Waals surface area contributed by atoms with Gasteiger partial charge in [0, 0.05) is 41.0 Å². The van der Waals surface area contributed by atoms with Crippen molar-refractivity contribution in [3.8, 4) is 11.1 Å². The smallest absolute Gasteiger partial charge is 0.260 e. The van der Waals surface area contributed by atoms with Crippen molar-refractivity contribution in [2.45, 2.75) is 11.4 Å². The number of rotatable bonds is 5. The third-order valence-electron chi connectivity index (χ3n) is 5.77. The molecule has 0 saturated carbocycles. The Hall–Kier alpha value is -4.34. The van der Waals surface area contributed by atoms with Gasteiger partial charge in [-0.05, 0) is 41.5 Å². The number of nitrogens with one attached hydrogen (secondary N) is 2. The Kier molecular flexibility index (Phi) is 5.64. The van der Waals surface area contributed by atoms with E-state index >= 15 is 0 Å². The number of carbonyl (C=O) groups is 2. The summed E-state index contributed by atoms with van der Waals surface area (Å²) in [5.41, 5.74) is 4.57. The minimum absolute atomic E-state index is 0.0224. The van der Waals surface area contributed by atoms with Gasteiger partial charge in [0.2, 0.25) is 10.0 Å². The van der Waals surface area contributed by atoms with Gasteiger partial charge in [0.15, 0.2) is 0 Å². The molecule has 0 aliphatic carbocycles. The van der Waals surface area contributed by atoms with Crippen LogP contribution in [0.1, 0.15) is 21.5 Å². The molecule has 0 fully saturated rings. The fraction of sp³-hybridized carbons (Fsp3) is 0.0385. The van der Waals surface area contributed by atoms with Gasteiger partial charge in [-0.1, -0.05) is 42.5 Å². The van der Waals surface area contributed by atoms with Crippen LogP contribution in [0.25, 0.3) is 27.6 Å². The Bertz CT molecular complexity index is 1620. The molecule has 1 aliphatic heterocycles. The largest absolute Gasteiger partial charge is 0.386 e. The van der Waals surface area contributed by atoms with Crippen molar-refractivity contribution in [1.82, 2.24) is 15.6 Å². The van der Waals surface area contributed by atoms with Crippen LogP contribution in [-0.4, -0.2) is 25.2 Å². The zero-order valence-electron chi connectivity index (χ0n) is 18.4. The summed E-state index contributed by atoms with van der Waals surface area (Å²) in [5, 5.41) is 11.6. The summed E-state index contributed by atoms with van der Waals surface area (Å²) in [7, 11) is -3.77. The fourth-order valence-corrected chi connectivity index (χ4v) is 4.56. The van der Waals surface area contributed by atoms with Crippen molar-refractivity contribution in [2.75, 3.05) is 0 Å². The summed E-state index contributed by atoms with van der Waals surface area (Å²) >= 11 is 0. The molecule has 0 bridgehead atoms. The van der Waals surface area contributed by atoms with Gasteiger partial charge in [0.1, 0.15) is 0 Å². The highest BCUT2D eigenvalue weighted by atomic mass is 32.2. The maximum absolute atomic E-state index is 12.7. The van der Waals surface area contributed by atoms with Gasteiger partial charge in [-0.2, -0.15) is 0 Å². The molecule has 5 rings (SSSR count). The van der Waals surface area contributed by atoms with E-state index in [4.69, 9.17) is 5.14 Å².